The fourth-order valence-corrected chi connectivity index (χ4v) is 4.92. The number of anilines is 1. The summed E-state index contributed by atoms with van der Waals surface area (Å²) in [5, 5.41) is 0.270. The van der Waals surface area contributed by atoms with Gasteiger partial charge >= 0.3 is 0 Å². The lowest BCUT2D eigenvalue weighted by atomic mass is 10.1. The lowest BCUT2D eigenvalue weighted by molar-refractivity contribution is 0.342. The van der Waals surface area contributed by atoms with Crippen LogP contribution in [0.4, 0.5) is 5.69 Å². The van der Waals surface area contributed by atoms with E-state index in [1.807, 2.05) is 6.92 Å². The molecule has 0 bridgehead atoms. The van der Waals surface area contributed by atoms with Gasteiger partial charge in [-0.1, -0.05) is 36.0 Å². The Balaban J connectivity index is 2.47. The number of nitrogen functional groups attached to an aromatic ring is 1. The molecule has 1 atom stereocenters. The first-order valence-corrected chi connectivity index (χ1v) is 8.80. The second kappa shape index (κ2) is 6.10. The molecule has 0 aliphatic carbocycles. The van der Waals surface area contributed by atoms with Crippen LogP contribution in [0, 0.1) is 0 Å². The highest BCUT2D eigenvalue weighted by atomic mass is 35.5. The van der Waals surface area contributed by atoms with Crippen molar-refractivity contribution < 1.29 is 8.42 Å². The number of halogens is 2. The van der Waals surface area contributed by atoms with Crippen LogP contribution in [0.3, 0.4) is 0 Å². The fourth-order valence-electron chi connectivity index (χ4n) is 2.48. The molecular weight excluding hydrogens is 319 g/mol. The Bertz CT molecular complexity index is 605. The molecule has 0 amide bonds. The number of nitrogens with two attached hydrogens (primary N) is 1. The molecule has 0 spiro atoms. The molecule has 2 rings (SSSR count). The first-order valence-electron chi connectivity index (χ1n) is 6.61. The van der Waals surface area contributed by atoms with Gasteiger partial charge < -0.3 is 5.73 Å². The van der Waals surface area contributed by atoms with Crippen molar-refractivity contribution in [1.29, 1.82) is 0 Å². The normalized spacial score (nSPS) is 21.6. The Labute approximate surface area is 129 Å². The lowest BCUT2D eigenvalue weighted by Gasteiger charge is -2.26. The maximum Gasteiger partial charge on any atom is 0.244 e. The van der Waals surface area contributed by atoms with Gasteiger partial charge in [-0.2, -0.15) is 4.31 Å². The molecular formula is C13H18Cl2N2O2S. The molecule has 1 aromatic rings. The number of benzene rings is 1. The number of sulfonamides is 1. The van der Waals surface area contributed by atoms with Gasteiger partial charge in [-0.15, -0.1) is 0 Å². The second-order valence-corrected chi connectivity index (χ2v) is 7.73. The summed E-state index contributed by atoms with van der Waals surface area (Å²) in [6, 6.07) is 2.86. The van der Waals surface area contributed by atoms with Gasteiger partial charge in [0.1, 0.15) is 4.90 Å². The zero-order valence-corrected chi connectivity index (χ0v) is 13.6. The Morgan fingerprint density at radius 1 is 1.25 bits per heavy atom. The summed E-state index contributed by atoms with van der Waals surface area (Å²) in [7, 11) is -3.64. The molecule has 0 saturated carbocycles. The number of nitrogens with zero attached hydrogens (tertiary/aromatic N) is 1. The van der Waals surface area contributed by atoms with E-state index in [0.717, 1.165) is 25.7 Å². The maximum atomic E-state index is 12.8. The predicted octanol–water partition coefficient (Wildman–Crippen LogP) is 3.53. The minimum absolute atomic E-state index is 0.00828. The molecule has 0 aromatic heterocycles. The van der Waals surface area contributed by atoms with Crippen LogP contribution < -0.4 is 5.73 Å². The van der Waals surface area contributed by atoms with E-state index < -0.39 is 10.0 Å². The molecule has 20 heavy (non-hydrogen) atoms. The van der Waals surface area contributed by atoms with Crippen LogP contribution >= 0.6 is 23.2 Å². The first-order chi connectivity index (χ1) is 9.35. The zero-order chi connectivity index (χ0) is 14.9. The van der Waals surface area contributed by atoms with E-state index >= 15 is 0 Å². The Hall–Kier alpha value is -0.490. The van der Waals surface area contributed by atoms with Crippen molar-refractivity contribution in [1.82, 2.24) is 4.31 Å². The van der Waals surface area contributed by atoms with Gasteiger partial charge in [0.15, 0.2) is 0 Å². The zero-order valence-electron chi connectivity index (χ0n) is 11.3. The smallest absolute Gasteiger partial charge is 0.244 e. The molecule has 7 heteroatoms. The summed E-state index contributed by atoms with van der Waals surface area (Å²) in [5.74, 6) is 0. The minimum atomic E-state index is -3.64. The van der Waals surface area contributed by atoms with Crippen molar-refractivity contribution in [2.24, 2.45) is 0 Å². The fraction of sp³-hybridized carbons (Fsp3) is 0.538. The molecule has 4 nitrogen and oxygen atoms in total. The largest absolute Gasteiger partial charge is 0.396 e. The van der Waals surface area contributed by atoms with Crippen molar-refractivity contribution >= 4 is 38.9 Å². The molecule has 0 radical (unpaired) electrons. The van der Waals surface area contributed by atoms with Crippen molar-refractivity contribution in [3.8, 4) is 0 Å². The number of hydrogen-bond acceptors (Lipinski definition) is 3. The van der Waals surface area contributed by atoms with Crippen LogP contribution in [-0.4, -0.2) is 25.3 Å². The third kappa shape index (κ3) is 2.91. The van der Waals surface area contributed by atoms with Crippen LogP contribution in [-0.2, 0) is 10.0 Å². The summed E-state index contributed by atoms with van der Waals surface area (Å²) >= 11 is 11.9. The Kier molecular flexibility index (Phi) is 4.84. The van der Waals surface area contributed by atoms with E-state index in [0.29, 0.717) is 6.54 Å². The molecule has 112 valence electrons. The van der Waals surface area contributed by atoms with Crippen molar-refractivity contribution in [3.63, 3.8) is 0 Å². The lowest BCUT2D eigenvalue weighted by Crippen LogP contribution is -2.38. The summed E-state index contributed by atoms with van der Waals surface area (Å²) in [6.45, 7) is 2.44. The van der Waals surface area contributed by atoms with Crippen molar-refractivity contribution in [2.75, 3.05) is 12.3 Å². The van der Waals surface area contributed by atoms with Gasteiger partial charge in [0, 0.05) is 12.6 Å². The van der Waals surface area contributed by atoms with Gasteiger partial charge in [0.05, 0.1) is 15.7 Å². The van der Waals surface area contributed by atoms with Gasteiger partial charge in [-0.05, 0) is 31.9 Å². The van der Waals surface area contributed by atoms with Crippen molar-refractivity contribution in [2.45, 2.75) is 43.5 Å². The van der Waals surface area contributed by atoms with E-state index in [-0.39, 0.29) is 26.7 Å². The molecule has 2 N–H and O–H groups in total. The second-order valence-electron chi connectivity index (χ2n) is 5.09. The molecule has 1 aromatic carbocycles. The van der Waals surface area contributed by atoms with Gasteiger partial charge in [-0.25, -0.2) is 8.42 Å². The molecule has 1 aliphatic rings. The summed E-state index contributed by atoms with van der Waals surface area (Å²) in [4.78, 5) is 0.0369. The number of rotatable bonds is 2. The molecule has 1 unspecified atom stereocenters. The minimum Gasteiger partial charge on any atom is -0.396 e. The maximum absolute atomic E-state index is 12.8. The standard InChI is InChI=1S/C13H18Cl2N2O2S/c1-9-5-3-2-4-8-17(9)20(18,19)11-7-6-10(14)13(16)12(11)15/h6-7,9H,2-5,8,16H2,1H3. The van der Waals surface area contributed by atoms with Crippen LogP contribution in [0.5, 0.6) is 0 Å². The quantitative estimate of drug-likeness (QED) is 0.840. The van der Waals surface area contributed by atoms with Gasteiger partial charge in [0.2, 0.25) is 10.0 Å². The molecule has 1 heterocycles. The number of hydrogen-bond donors (Lipinski definition) is 1. The molecule has 1 aliphatic heterocycles. The molecule has 1 saturated heterocycles. The molecule has 1 fully saturated rings. The van der Waals surface area contributed by atoms with E-state index in [1.165, 1.54) is 16.4 Å². The topological polar surface area (TPSA) is 63.4 Å². The highest BCUT2D eigenvalue weighted by Crippen LogP contribution is 2.35. The van der Waals surface area contributed by atoms with Gasteiger partial charge in [-0.3, -0.25) is 0 Å². The average Bonchev–Trinajstić information content (AvgIpc) is 2.60. The first kappa shape index (κ1) is 15.9. The average molecular weight is 337 g/mol. The summed E-state index contributed by atoms with van der Waals surface area (Å²) in [5.41, 5.74) is 5.84. The van der Waals surface area contributed by atoms with Crippen LogP contribution in [0.15, 0.2) is 17.0 Å². The van der Waals surface area contributed by atoms with E-state index in [9.17, 15) is 8.42 Å². The third-order valence-electron chi connectivity index (χ3n) is 3.67. The SMILES string of the molecule is CC1CCCCCN1S(=O)(=O)c1ccc(Cl)c(N)c1Cl. The van der Waals surface area contributed by atoms with Crippen LogP contribution in [0.25, 0.3) is 0 Å². The van der Waals surface area contributed by atoms with Crippen molar-refractivity contribution in [3.05, 3.63) is 22.2 Å². The van der Waals surface area contributed by atoms with E-state index in [2.05, 4.69) is 0 Å². The third-order valence-corrected chi connectivity index (χ3v) is 6.57. The predicted molar refractivity (Wildman–Crippen MR) is 82.7 cm³/mol. The van der Waals surface area contributed by atoms with E-state index in [1.54, 1.807) is 0 Å². The Morgan fingerprint density at radius 2 is 1.95 bits per heavy atom. The summed E-state index contributed by atoms with van der Waals surface area (Å²) in [6.07, 6.45) is 3.82. The monoisotopic (exact) mass is 336 g/mol. The highest BCUT2D eigenvalue weighted by Gasteiger charge is 2.32. The van der Waals surface area contributed by atoms with E-state index in [4.69, 9.17) is 28.9 Å². The summed E-state index contributed by atoms with van der Waals surface area (Å²) < 4.78 is 27.1. The Morgan fingerprint density at radius 3 is 2.65 bits per heavy atom. The van der Waals surface area contributed by atoms with Crippen LogP contribution in [0.1, 0.15) is 32.6 Å². The van der Waals surface area contributed by atoms with Gasteiger partial charge in [0.25, 0.3) is 0 Å². The highest BCUT2D eigenvalue weighted by molar-refractivity contribution is 7.89. The van der Waals surface area contributed by atoms with Crippen LogP contribution in [0.2, 0.25) is 10.0 Å².